The molecule has 6 heteroatoms. The third kappa shape index (κ3) is 4.15. The summed E-state index contributed by atoms with van der Waals surface area (Å²) in [6, 6.07) is 16.7. The van der Waals surface area contributed by atoms with Crippen molar-refractivity contribution in [3.8, 4) is 6.07 Å². The van der Waals surface area contributed by atoms with Gasteiger partial charge in [-0.2, -0.15) is 10.2 Å². The van der Waals surface area contributed by atoms with Gasteiger partial charge in [0.2, 0.25) is 5.95 Å². The van der Waals surface area contributed by atoms with Crippen molar-refractivity contribution in [2.45, 2.75) is 20.0 Å². The third-order valence-electron chi connectivity index (χ3n) is 3.92. The van der Waals surface area contributed by atoms with Crippen LogP contribution in [0.25, 0.3) is 0 Å². The first-order valence-corrected chi connectivity index (χ1v) is 8.21. The van der Waals surface area contributed by atoms with E-state index in [1.165, 1.54) is 0 Å². The van der Waals surface area contributed by atoms with Crippen molar-refractivity contribution < 1.29 is 5.11 Å². The van der Waals surface area contributed by atoms with Crippen LogP contribution in [0.2, 0.25) is 0 Å². The van der Waals surface area contributed by atoms with E-state index in [0.717, 1.165) is 22.5 Å². The molecule has 26 heavy (non-hydrogen) atoms. The van der Waals surface area contributed by atoms with Gasteiger partial charge in [0, 0.05) is 17.6 Å². The molecule has 1 aromatic heterocycles. The molecule has 2 aromatic carbocycles. The Morgan fingerprint density at radius 2 is 1.85 bits per heavy atom. The molecule has 1 atom stereocenters. The average molecular weight is 345 g/mol. The maximum atomic E-state index is 9.67. The Balaban J connectivity index is 1.76. The normalized spacial score (nSPS) is 11.5. The molecule has 130 valence electrons. The number of anilines is 4. The molecule has 3 rings (SSSR count). The van der Waals surface area contributed by atoms with E-state index in [-0.39, 0.29) is 0 Å². The van der Waals surface area contributed by atoms with Crippen molar-refractivity contribution in [3.05, 3.63) is 71.4 Å². The van der Waals surface area contributed by atoms with E-state index in [1.807, 2.05) is 25.1 Å². The largest absolute Gasteiger partial charge is 0.389 e. The van der Waals surface area contributed by atoms with Crippen LogP contribution in [-0.4, -0.2) is 15.1 Å². The second-order valence-corrected chi connectivity index (χ2v) is 5.95. The number of aromatic nitrogens is 2. The van der Waals surface area contributed by atoms with Gasteiger partial charge in [0.15, 0.2) is 0 Å². The number of aryl methyl sites for hydroxylation is 1. The summed E-state index contributed by atoms with van der Waals surface area (Å²) in [5.41, 5.74) is 4.21. The molecule has 0 amide bonds. The highest BCUT2D eigenvalue weighted by Gasteiger charge is 2.06. The van der Waals surface area contributed by atoms with Crippen LogP contribution in [0.5, 0.6) is 0 Å². The monoisotopic (exact) mass is 345 g/mol. The Morgan fingerprint density at radius 3 is 2.50 bits per heavy atom. The van der Waals surface area contributed by atoms with Gasteiger partial charge in [-0.15, -0.1) is 0 Å². The molecule has 0 aliphatic rings. The van der Waals surface area contributed by atoms with Gasteiger partial charge in [-0.3, -0.25) is 0 Å². The molecular formula is C20H19N5O. The lowest BCUT2D eigenvalue weighted by Gasteiger charge is -2.13. The van der Waals surface area contributed by atoms with E-state index in [4.69, 9.17) is 5.26 Å². The molecule has 0 bridgehead atoms. The number of hydrogen-bond donors (Lipinski definition) is 3. The minimum Gasteiger partial charge on any atom is -0.389 e. The van der Waals surface area contributed by atoms with Gasteiger partial charge in [-0.05, 0) is 61.4 Å². The van der Waals surface area contributed by atoms with Crippen LogP contribution in [0.3, 0.4) is 0 Å². The fourth-order valence-corrected chi connectivity index (χ4v) is 2.47. The quantitative estimate of drug-likeness (QED) is 0.642. The standard InChI is InChI=1S/C20H19N5O/c1-13-11-16(14(2)26)5-8-18(13)24-19-9-10-22-20(25-19)23-17-6-3-15(12-21)4-7-17/h3-11,14,26H,1-2H3,(H2,22,23,24,25). The maximum Gasteiger partial charge on any atom is 0.229 e. The third-order valence-corrected chi connectivity index (χ3v) is 3.92. The summed E-state index contributed by atoms with van der Waals surface area (Å²) in [5.74, 6) is 1.11. The number of hydrogen-bond acceptors (Lipinski definition) is 6. The lowest BCUT2D eigenvalue weighted by Crippen LogP contribution is -2.02. The number of benzene rings is 2. The molecule has 0 spiro atoms. The molecule has 0 aliphatic carbocycles. The van der Waals surface area contributed by atoms with Crippen LogP contribution in [0.4, 0.5) is 23.1 Å². The Labute approximate surface area is 152 Å². The van der Waals surface area contributed by atoms with Gasteiger partial charge in [0.05, 0.1) is 17.7 Å². The van der Waals surface area contributed by atoms with E-state index < -0.39 is 6.10 Å². The Morgan fingerprint density at radius 1 is 1.08 bits per heavy atom. The molecule has 0 saturated heterocycles. The van der Waals surface area contributed by atoms with Crippen LogP contribution in [0.15, 0.2) is 54.7 Å². The van der Waals surface area contributed by atoms with E-state index >= 15 is 0 Å². The molecular weight excluding hydrogens is 326 g/mol. The van der Waals surface area contributed by atoms with Gasteiger partial charge in [-0.1, -0.05) is 12.1 Å². The molecule has 3 aromatic rings. The second-order valence-electron chi connectivity index (χ2n) is 5.95. The highest BCUT2D eigenvalue weighted by molar-refractivity contribution is 5.63. The summed E-state index contributed by atoms with van der Waals surface area (Å²) in [4.78, 5) is 8.68. The van der Waals surface area contributed by atoms with E-state index in [9.17, 15) is 5.11 Å². The first-order valence-electron chi connectivity index (χ1n) is 8.21. The molecule has 1 heterocycles. The van der Waals surface area contributed by atoms with Gasteiger partial charge < -0.3 is 15.7 Å². The highest BCUT2D eigenvalue weighted by Crippen LogP contribution is 2.24. The van der Waals surface area contributed by atoms with Gasteiger partial charge >= 0.3 is 0 Å². The number of nitrogens with zero attached hydrogens (tertiary/aromatic N) is 3. The zero-order chi connectivity index (χ0) is 18.5. The fraction of sp³-hybridized carbons (Fsp3) is 0.150. The van der Waals surface area contributed by atoms with Crippen molar-refractivity contribution in [1.29, 1.82) is 5.26 Å². The molecule has 0 aliphatic heterocycles. The van der Waals surface area contributed by atoms with Crippen molar-refractivity contribution >= 4 is 23.1 Å². The summed E-state index contributed by atoms with van der Waals surface area (Å²) < 4.78 is 0. The van der Waals surface area contributed by atoms with Crippen LogP contribution in [0.1, 0.15) is 29.7 Å². The van der Waals surface area contributed by atoms with Crippen molar-refractivity contribution in [1.82, 2.24) is 9.97 Å². The fourth-order valence-electron chi connectivity index (χ4n) is 2.47. The summed E-state index contributed by atoms with van der Waals surface area (Å²) in [6.45, 7) is 3.72. The molecule has 3 N–H and O–H groups in total. The predicted octanol–water partition coefficient (Wildman–Crippen LogP) is 4.20. The average Bonchev–Trinajstić information content (AvgIpc) is 2.64. The van der Waals surface area contributed by atoms with E-state index in [2.05, 4.69) is 26.7 Å². The minimum absolute atomic E-state index is 0.456. The van der Waals surface area contributed by atoms with Crippen LogP contribution >= 0.6 is 0 Å². The smallest absolute Gasteiger partial charge is 0.229 e. The summed E-state index contributed by atoms with van der Waals surface area (Å²) in [6.07, 6.45) is 1.17. The summed E-state index contributed by atoms with van der Waals surface area (Å²) >= 11 is 0. The Hall–Kier alpha value is -3.43. The molecule has 0 radical (unpaired) electrons. The van der Waals surface area contributed by atoms with Crippen LogP contribution < -0.4 is 10.6 Å². The van der Waals surface area contributed by atoms with Crippen molar-refractivity contribution in [2.75, 3.05) is 10.6 Å². The number of rotatable bonds is 5. The summed E-state index contributed by atoms with van der Waals surface area (Å²) in [7, 11) is 0. The van der Waals surface area contributed by atoms with Crippen molar-refractivity contribution in [2.24, 2.45) is 0 Å². The molecule has 6 nitrogen and oxygen atoms in total. The number of nitriles is 1. The zero-order valence-electron chi connectivity index (χ0n) is 14.6. The second kappa shape index (κ2) is 7.64. The molecule has 1 unspecified atom stereocenters. The lowest BCUT2D eigenvalue weighted by molar-refractivity contribution is 0.199. The van der Waals surface area contributed by atoms with Crippen LogP contribution in [-0.2, 0) is 0 Å². The van der Waals surface area contributed by atoms with E-state index in [0.29, 0.717) is 17.3 Å². The minimum atomic E-state index is -0.495. The topological polar surface area (TPSA) is 93.9 Å². The Kier molecular flexibility index (Phi) is 5.11. The van der Waals surface area contributed by atoms with Gasteiger partial charge in [0.25, 0.3) is 0 Å². The predicted molar refractivity (Wildman–Crippen MR) is 102 cm³/mol. The zero-order valence-corrected chi connectivity index (χ0v) is 14.6. The maximum absolute atomic E-state index is 9.67. The Bertz CT molecular complexity index is 945. The van der Waals surface area contributed by atoms with E-state index in [1.54, 1.807) is 43.5 Å². The van der Waals surface area contributed by atoms with Crippen LogP contribution in [0, 0.1) is 18.3 Å². The first kappa shape index (κ1) is 17.4. The van der Waals surface area contributed by atoms with Crippen molar-refractivity contribution in [3.63, 3.8) is 0 Å². The SMILES string of the molecule is Cc1cc(C(C)O)ccc1Nc1ccnc(Nc2ccc(C#N)cc2)n1. The number of nitrogens with one attached hydrogen (secondary N) is 2. The lowest BCUT2D eigenvalue weighted by atomic mass is 10.1. The number of aliphatic hydroxyl groups excluding tert-OH is 1. The highest BCUT2D eigenvalue weighted by atomic mass is 16.3. The van der Waals surface area contributed by atoms with Gasteiger partial charge in [0.1, 0.15) is 5.82 Å². The molecule has 0 fully saturated rings. The summed E-state index contributed by atoms with van der Waals surface area (Å²) in [5, 5.41) is 24.9. The number of aliphatic hydroxyl groups is 1. The van der Waals surface area contributed by atoms with Gasteiger partial charge in [-0.25, -0.2) is 4.98 Å². The molecule has 0 saturated carbocycles. The first-order chi connectivity index (χ1) is 12.5.